The summed E-state index contributed by atoms with van der Waals surface area (Å²) in [5, 5.41) is 5.45. The van der Waals surface area contributed by atoms with Crippen LogP contribution >= 0.6 is 43.5 Å². The summed E-state index contributed by atoms with van der Waals surface area (Å²) in [6, 6.07) is 12.9. The molecule has 0 unspecified atom stereocenters. The third kappa shape index (κ3) is 3.60. The van der Waals surface area contributed by atoms with Gasteiger partial charge in [0, 0.05) is 24.9 Å². The standard InChI is InChI=1S/C18H10Br2ClN3O2/c19-11-1-2-15-10(6-11)7-14(18(25)22-15)17-23-16(26-24-17)5-9-3-12(20)8-13(21)4-9/h1-4,6-8H,5H2,(H,22,25). The van der Waals surface area contributed by atoms with Crippen LogP contribution in [0.15, 0.2) is 60.7 Å². The van der Waals surface area contributed by atoms with Gasteiger partial charge in [-0.1, -0.05) is 48.6 Å². The van der Waals surface area contributed by atoms with Gasteiger partial charge < -0.3 is 9.51 Å². The minimum absolute atomic E-state index is 0.254. The van der Waals surface area contributed by atoms with E-state index in [9.17, 15) is 4.79 Å². The van der Waals surface area contributed by atoms with E-state index in [0.29, 0.717) is 22.9 Å². The van der Waals surface area contributed by atoms with Gasteiger partial charge in [-0.05, 0) is 48.0 Å². The van der Waals surface area contributed by atoms with E-state index in [1.54, 1.807) is 12.1 Å². The fourth-order valence-corrected chi connectivity index (χ4v) is 3.98. The van der Waals surface area contributed by atoms with Crippen LogP contribution in [0.5, 0.6) is 0 Å². The number of aromatic nitrogens is 3. The predicted molar refractivity (Wildman–Crippen MR) is 108 cm³/mol. The normalized spacial score (nSPS) is 11.2. The molecule has 2 aromatic carbocycles. The maximum Gasteiger partial charge on any atom is 0.259 e. The van der Waals surface area contributed by atoms with Crippen LogP contribution in [-0.2, 0) is 6.42 Å². The van der Waals surface area contributed by atoms with Crippen molar-refractivity contribution in [2.75, 3.05) is 0 Å². The Labute approximate surface area is 169 Å². The molecule has 8 heteroatoms. The molecular weight excluding hydrogens is 485 g/mol. The molecule has 4 rings (SSSR count). The number of benzene rings is 2. The molecule has 0 aliphatic carbocycles. The SMILES string of the molecule is O=c1[nH]c2ccc(Br)cc2cc1-c1noc(Cc2cc(Cl)cc(Br)c2)n1. The molecule has 0 saturated heterocycles. The topological polar surface area (TPSA) is 71.8 Å². The van der Waals surface area contributed by atoms with Crippen molar-refractivity contribution in [2.45, 2.75) is 6.42 Å². The Kier molecular flexibility index (Phi) is 4.69. The number of rotatable bonds is 3. The average molecular weight is 496 g/mol. The number of nitrogens with zero attached hydrogens (tertiary/aromatic N) is 2. The van der Waals surface area contributed by atoms with Gasteiger partial charge in [-0.2, -0.15) is 4.98 Å². The van der Waals surface area contributed by atoms with Crippen LogP contribution in [0.1, 0.15) is 11.5 Å². The third-order valence-electron chi connectivity index (χ3n) is 3.79. The molecule has 0 saturated carbocycles. The quantitative estimate of drug-likeness (QED) is 0.416. The number of fused-ring (bicyclic) bond motifs is 1. The Morgan fingerprint density at radius 2 is 1.92 bits per heavy atom. The van der Waals surface area contributed by atoms with Crippen molar-refractivity contribution in [1.29, 1.82) is 0 Å². The van der Waals surface area contributed by atoms with E-state index in [4.69, 9.17) is 16.1 Å². The summed E-state index contributed by atoms with van der Waals surface area (Å²) in [6.45, 7) is 0. The molecule has 2 heterocycles. The number of aromatic amines is 1. The molecule has 0 aliphatic rings. The second-order valence-corrected chi connectivity index (χ2v) is 7.98. The van der Waals surface area contributed by atoms with E-state index >= 15 is 0 Å². The first kappa shape index (κ1) is 17.5. The largest absolute Gasteiger partial charge is 0.339 e. The lowest BCUT2D eigenvalue weighted by molar-refractivity contribution is 0.385. The number of H-pyrrole nitrogens is 1. The average Bonchev–Trinajstić information content (AvgIpc) is 3.02. The number of hydrogen-bond donors (Lipinski definition) is 1. The predicted octanol–water partition coefficient (Wildman–Crippen LogP) is 5.35. The maximum absolute atomic E-state index is 12.4. The minimum atomic E-state index is -0.266. The van der Waals surface area contributed by atoms with Crippen molar-refractivity contribution in [3.8, 4) is 11.4 Å². The zero-order valence-electron chi connectivity index (χ0n) is 13.1. The van der Waals surface area contributed by atoms with E-state index in [0.717, 1.165) is 25.4 Å². The van der Waals surface area contributed by atoms with E-state index < -0.39 is 0 Å². The first-order valence-electron chi connectivity index (χ1n) is 7.58. The highest BCUT2D eigenvalue weighted by Crippen LogP contribution is 2.23. The van der Waals surface area contributed by atoms with Crippen molar-refractivity contribution in [2.24, 2.45) is 0 Å². The van der Waals surface area contributed by atoms with Gasteiger partial charge in [0.15, 0.2) is 0 Å². The molecule has 0 fully saturated rings. The third-order valence-corrected chi connectivity index (χ3v) is 4.96. The summed E-state index contributed by atoms with van der Waals surface area (Å²) in [5.74, 6) is 0.659. The smallest absolute Gasteiger partial charge is 0.259 e. The Bertz CT molecular complexity index is 1170. The molecule has 26 heavy (non-hydrogen) atoms. The zero-order chi connectivity index (χ0) is 18.3. The summed E-state index contributed by atoms with van der Waals surface area (Å²) in [7, 11) is 0. The molecule has 0 spiro atoms. The number of nitrogens with one attached hydrogen (secondary N) is 1. The Hall–Kier alpha value is -1.96. The molecule has 1 N–H and O–H groups in total. The molecule has 4 aromatic rings. The number of pyridine rings is 1. The molecule has 5 nitrogen and oxygen atoms in total. The van der Waals surface area contributed by atoms with Gasteiger partial charge in [0.25, 0.3) is 5.56 Å². The summed E-state index contributed by atoms with van der Waals surface area (Å²) in [6.07, 6.45) is 0.420. The van der Waals surface area contributed by atoms with E-state index in [2.05, 4.69) is 47.0 Å². The lowest BCUT2D eigenvalue weighted by atomic mass is 10.1. The Balaban J connectivity index is 1.70. The van der Waals surface area contributed by atoms with Crippen molar-refractivity contribution in [3.63, 3.8) is 0 Å². The zero-order valence-corrected chi connectivity index (χ0v) is 17.0. The first-order chi connectivity index (χ1) is 12.5. The maximum atomic E-state index is 12.4. The second-order valence-electron chi connectivity index (χ2n) is 5.71. The van der Waals surface area contributed by atoms with Crippen LogP contribution in [0.2, 0.25) is 5.02 Å². The molecule has 0 aliphatic heterocycles. The van der Waals surface area contributed by atoms with Crippen molar-refractivity contribution in [3.05, 3.63) is 78.2 Å². The second kappa shape index (κ2) is 6.98. The van der Waals surface area contributed by atoms with Crippen LogP contribution in [0.25, 0.3) is 22.3 Å². The Morgan fingerprint density at radius 3 is 2.73 bits per heavy atom. The fraction of sp³-hybridized carbons (Fsp3) is 0.0556. The van der Waals surface area contributed by atoms with Crippen molar-refractivity contribution < 1.29 is 4.52 Å². The number of hydrogen-bond acceptors (Lipinski definition) is 4. The van der Waals surface area contributed by atoms with Gasteiger partial charge >= 0.3 is 0 Å². The number of halogens is 3. The molecule has 0 amide bonds. The molecule has 0 bridgehead atoms. The van der Waals surface area contributed by atoms with E-state index in [1.165, 1.54) is 0 Å². The van der Waals surface area contributed by atoms with E-state index in [-0.39, 0.29) is 11.4 Å². The summed E-state index contributed by atoms with van der Waals surface area (Å²) in [5.41, 5.74) is 1.76. The highest BCUT2D eigenvalue weighted by molar-refractivity contribution is 9.10. The van der Waals surface area contributed by atoms with Gasteiger partial charge in [-0.25, -0.2) is 0 Å². The van der Waals surface area contributed by atoms with Gasteiger partial charge in [0.05, 0.1) is 12.0 Å². The lowest BCUT2D eigenvalue weighted by Gasteiger charge is -2.01. The fourth-order valence-electron chi connectivity index (χ4n) is 2.67. The van der Waals surface area contributed by atoms with Crippen LogP contribution in [-0.4, -0.2) is 15.1 Å². The van der Waals surface area contributed by atoms with Crippen molar-refractivity contribution >= 4 is 54.4 Å². The van der Waals surface area contributed by atoms with Gasteiger partial charge in [0.1, 0.15) is 0 Å². The van der Waals surface area contributed by atoms with E-state index in [1.807, 2.05) is 30.3 Å². The molecule has 0 atom stereocenters. The molecule has 0 radical (unpaired) electrons. The van der Waals surface area contributed by atoms with Gasteiger partial charge in [-0.15, -0.1) is 0 Å². The van der Waals surface area contributed by atoms with Crippen LogP contribution in [0.3, 0.4) is 0 Å². The van der Waals surface area contributed by atoms with Crippen LogP contribution in [0, 0.1) is 0 Å². The van der Waals surface area contributed by atoms with Crippen LogP contribution in [0.4, 0.5) is 0 Å². The minimum Gasteiger partial charge on any atom is -0.339 e. The lowest BCUT2D eigenvalue weighted by Crippen LogP contribution is -2.09. The van der Waals surface area contributed by atoms with Gasteiger partial charge in [-0.3, -0.25) is 4.79 Å². The van der Waals surface area contributed by atoms with Crippen LogP contribution < -0.4 is 5.56 Å². The first-order valence-corrected chi connectivity index (χ1v) is 9.55. The molecule has 130 valence electrons. The monoisotopic (exact) mass is 493 g/mol. The molecular formula is C18H10Br2ClN3O2. The van der Waals surface area contributed by atoms with Crippen molar-refractivity contribution in [1.82, 2.24) is 15.1 Å². The highest BCUT2D eigenvalue weighted by Gasteiger charge is 2.14. The molecule has 2 aromatic heterocycles. The highest BCUT2D eigenvalue weighted by atomic mass is 79.9. The summed E-state index contributed by atoms with van der Waals surface area (Å²) in [4.78, 5) is 19.6. The summed E-state index contributed by atoms with van der Waals surface area (Å²) < 4.78 is 7.10. The Morgan fingerprint density at radius 1 is 1.08 bits per heavy atom. The summed E-state index contributed by atoms with van der Waals surface area (Å²) >= 11 is 12.9. The van der Waals surface area contributed by atoms with Gasteiger partial charge in [0.2, 0.25) is 11.7 Å².